The highest BCUT2D eigenvalue weighted by atomic mass is 28.3. The van der Waals surface area contributed by atoms with Crippen molar-refractivity contribution in [3.63, 3.8) is 0 Å². The molecule has 65 heavy (non-hydrogen) atoms. The maximum atomic E-state index is 2.72. The van der Waals surface area contributed by atoms with E-state index in [0.29, 0.717) is 23.7 Å². The highest BCUT2D eigenvalue weighted by Crippen LogP contribution is 2.52. The lowest BCUT2D eigenvalue weighted by atomic mass is 9.78. The molecule has 2 aliphatic carbocycles. The minimum atomic E-state index is -1.57. The third-order valence-electron chi connectivity index (χ3n) is 15.6. The predicted octanol–water partition coefficient (Wildman–Crippen LogP) is 15.6. The zero-order chi connectivity index (χ0) is 48.6. The van der Waals surface area contributed by atoms with Gasteiger partial charge in [-0.1, -0.05) is 265 Å². The molecule has 4 atom stereocenters. The normalized spacial score (nSPS) is 18.2. The molecule has 0 saturated heterocycles. The minimum Gasteiger partial charge on any atom is -0.0656 e. The molecule has 0 N–H and O–H groups in total. The third kappa shape index (κ3) is 10.9. The number of hydrogen-bond acceptors (Lipinski definition) is 0. The lowest BCUT2D eigenvalue weighted by Crippen LogP contribution is -2.45. The molecule has 0 nitrogen and oxygen atoms in total. The molecule has 4 aromatic carbocycles. The summed E-state index contributed by atoms with van der Waals surface area (Å²) in [6.07, 6.45) is 7.83. The van der Waals surface area contributed by atoms with Gasteiger partial charge in [-0.2, -0.15) is 0 Å². The van der Waals surface area contributed by atoms with E-state index in [1.165, 1.54) is 58.3 Å². The Balaban J connectivity index is 1.47. The summed E-state index contributed by atoms with van der Waals surface area (Å²) >= 11 is 0. The molecule has 0 fully saturated rings. The average molecular weight is 954 g/mol. The van der Waals surface area contributed by atoms with Gasteiger partial charge in [0.15, 0.2) is 0 Å². The third-order valence-corrected chi connectivity index (χ3v) is 25.7. The maximum Gasteiger partial charge on any atom is 0.0776 e. The van der Waals surface area contributed by atoms with Crippen LogP contribution in [0.15, 0.2) is 71.8 Å². The zero-order valence-corrected chi connectivity index (χ0v) is 51.2. The van der Waals surface area contributed by atoms with E-state index in [1.54, 1.807) is 54.1 Å². The number of allylic oxidation sites excluding steroid dienone is 2. The average Bonchev–Trinajstić information content (AvgIpc) is 3.75. The minimum absolute atomic E-state index is 0.0442. The molecule has 0 radical (unpaired) electrons. The first kappa shape index (κ1) is 51.8. The molecule has 4 aromatic rings. The van der Waals surface area contributed by atoms with Crippen molar-refractivity contribution in [3.05, 3.63) is 105 Å². The lowest BCUT2D eigenvalue weighted by Gasteiger charge is -2.29. The molecule has 0 aromatic heterocycles. The topological polar surface area (TPSA) is 0 Å². The van der Waals surface area contributed by atoms with Gasteiger partial charge in [0.05, 0.1) is 32.3 Å². The molecule has 2 aliphatic rings. The van der Waals surface area contributed by atoms with Crippen molar-refractivity contribution in [1.82, 2.24) is 0 Å². The van der Waals surface area contributed by atoms with E-state index in [4.69, 9.17) is 0 Å². The lowest BCUT2D eigenvalue weighted by molar-refractivity contribution is 0.591. The maximum absolute atomic E-state index is 2.72. The first-order chi connectivity index (χ1) is 29.8. The Kier molecular flexibility index (Phi) is 14.7. The van der Waals surface area contributed by atoms with E-state index < -0.39 is 41.8 Å². The fourth-order valence-electron chi connectivity index (χ4n) is 10.8. The fraction of sp³-hybridized carbons (Fsp3) is 0.533. The molecular formula is C60H92Si5. The summed E-state index contributed by atoms with van der Waals surface area (Å²) in [6, 6.07) is 28.7. The van der Waals surface area contributed by atoms with Crippen LogP contribution in [0.25, 0.3) is 34.4 Å². The van der Waals surface area contributed by atoms with Gasteiger partial charge in [0.1, 0.15) is 0 Å². The quantitative estimate of drug-likeness (QED) is 0.111. The summed E-state index contributed by atoms with van der Waals surface area (Å²) in [7, 11) is -6.72. The summed E-state index contributed by atoms with van der Waals surface area (Å²) in [5.74, 6) is 2.20. The van der Waals surface area contributed by atoms with Crippen molar-refractivity contribution in [1.29, 1.82) is 0 Å². The Morgan fingerprint density at radius 2 is 0.754 bits per heavy atom. The first-order valence-corrected chi connectivity index (χ1v) is 41.9. The SMILES string of the molecule is CCC(C)C1=Cc2c(ccc(C(C)(C)C)c2-c2cc([Si](C)(C)C)cc([Si](C)(C)C)c2)C1C[SiH2]CC1C(C(C)CC)=Cc2c1ccc(C(C)(C)C)c2-c1cc([Si](C)(C)C)cc([Si](C)(C)C)c1. The Bertz CT molecular complexity index is 2230. The second-order valence-corrected chi connectivity index (χ2v) is 49.2. The summed E-state index contributed by atoms with van der Waals surface area (Å²) in [5, 5.41) is 6.44. The van der Waals surface area contributed by atoms with E-state index in [-0.39, 0.29) is 10.8 Å². The Labute approximate surface area is 406 Å². The smallest absolute Gasteiger partial charge is 0.0656 e. The standard InChI is InChI=1S/C60H92Si5/c1-23-39(3)49-35-51-47(25-27-55(59(5,6)7)57(51)41-29-43(62(11,12)13)33-44(30-41)63(14,15)16)53(49)37-61-38-54-48-26-28-56(60(8,9)10)58(52(48)36-50(54)40(4)24-2)42-31-45(64(17,18)19)34-46(32-42)65(20,21)22/h25-36,39-40,53-54H,23-24,37-38,61H2,1-22H3. The molecule has 0 amide bonds. The predicted molar refractivity (Wildman–Crippen MR) is 312 cm³/mol. The fourth-order valence-corrected chi connectivity index (χ4v) is 18.2. The molecule has 0 aliphatic heterocycles. The van der Waals surface area contributed by atoms with E-state index in [1.807, 2.05) is 0 Å². The summed E-state index contributed by atoms with van der Waals surface area (Å²) < 4.78 is 0. The second-order valence-electron chi connectivity index (χ2n) is 27.0. The number of fused-ring (bicyclic) bond motifs is 2. The highest BCUT2D eigenvalue weighted by molar-refractivity contribution is 6.92. The number of rotatable bonds is 14. The molecule has 0 spiro atoms. The van der Waals surface area contributed by atoms with E-state index >= 15 is 0 Å². The van der Waals surface area contributed by atoms with Gasteiger partial charge in [-0.05, 0) is 91.1 Å². The summed E-state index contributed by atoms with van der Waals surface area (Å²) in [6.45, 7) is 54.9. The van der Waals surface area contributed by atoms with Crippen molar-refractivity contribution in [2.45, 2.75) is 195 Å². The van der Waals surface area contributed by atoms with Crippen LogP contribution in [0.3, 0.4) is 0 Å². The van der Waals surface area contributed by atoms with Crippen LogP contribution in [-0.2, 0) is 10.8 Å². The van der Waals surface area contributed by atoms with Gasteiger partial charge in [0.2, 0.25) is 0 Å². The molecule has 6 rings (SSSR count). The van der Waals surface area contributed by atoms with Crippen LogP contribution in [-0.4, -0.2) is 41.8 Å². The summed E-state index contributed by atoms with van der Waals surface area (Å²) in [4.78, 5) is 0. The van der Waals surface area contributed by atoms with Gasteiger partial charge < -0.3 is 0 Å². The molecule has 352 valence electrons. The number of benzene rings is 4. The van der Waals surface area contributed by atoms with Gasteiger partial charge in [-0.3, -0.25) is 0 Å². The van der Waals surface area contributed by atoms with E-state index in [2.05, 4.69) is 221 Å². The first-order valence-electron chi connectivity index (χ1n) is 25.9. The zero-order valence-electron chi connectivity index (χ0n) is 45.8. The van der Waals surface area contributed by atoms with Crippen LogP contribution in [0, 0.1) is 11.8 Å². The Hall–Kier alpha value is -2.56. The molecule has 0 heterocycles. The van der Waals surface area contributed by atoms with Crippen LogP contribution >= 0.6 is 0 Å². The van der Waals surface area contributed by atoms with Crippen LogP contribution < -0.4 is 20.7 Å². The molecule has 4 unspecified atom stereocenters. The van der Waals surface area contributed by atoms with Gasteiger partial charge >= 0.3 is 0 Å². The van der Waals surface area contributed by atoms with E-state index in [0.717, 1.165) is 0 Å². The van der Waals surface area contributed by atoms with Crippen LogP contribution in [0.1, 0.15) is 127 Å². The Morgan fingerprint density at radius 3 is 1.00 bits per heavy atom. The van der Waals surface area contributed by atoms with Crippen molar-refractivity contribution in [2.24, 2.45) is 11.8 Å². The van der Waals surface area contributed by atoms with Crippen LogP contribution in [0.2, 0.25) is 90.7 Å². The Morgan fingerprint density at radius 1 is 0.462 bits per heavy atom. The second kappa shape index (κ2) is 18.4. The molecule has 0 saturated carbocycles. The molecule has 5 heteroatoms. The summed E-state index contributed by atoms with van der Waals surface area (Å²) in [5.41, 5.74) is 18.9. The van der Waals surface area contributed by atoms with Crippen LogP contribution in [0.4, 0.5) is 0 Å². The van der Waals surface area contributed by atoms with Crippen molar-refractivity contribution >= 4 is 74.7 Å². The van der Waals surface area contributed by atoms with E-state index in [9.17, 15) is 0 Å². The van der Waals surface area contributed by atoms with Crippen molar-refractivity contribution in [3.8, 4) is 22.3 Å². The van der Waals surface area contributed by atoms with Gasteiger partial charge in [-0.25, -0.2) is 0 Å². The monoisotopic (exact) mass is 953 g/mol. The van der Waals surface area contributed by atoms with Crippen molar-refractivity contribution < 1.29 is 0 Å². The molecule has 0 bridgehead atoms. The van der Waals surface area contributed by atoms with Gasteiger partial charge in [-0.15, -0.1) is 0 Å². The van der Waals surface area contributed by atoms with Crippen LogP contribution in [0.5, 0.6) is 0 Å². The largest absolute Gasteiger partial charge is 0.0776 e. The van der Waals surface area contributed by atoms with Gasteiger partial charge in [0, 0.05) is 21.4 Å². The van der Waals surface area contributed by atoms with Gasteiger partial charge in [0.25, 0.3) is 0 Å². The highest BCUT2D eigenvalue weighted by Gasteiger charge is 2.37. The number of hydrogen-bond donors (Lipinski definition) is 0. The van der Waals surface area contributed by atoms with Crippen molar-refractivity contribution in [2.75, 3.05) is 0 Å². The molecular weight excluding hydrogens is 861 g/mol.